The van der Waals surface area contributed by atoms with Crippen molar-refractivity contribution in [3.8, 4) is 0 Å². The van der Waals surface area contributed by atoms with Crippen LogP contribution < -0.4 is 10.5 Å². The van der Waals surface area contributed by atoms with E-state index in [4.69, 9.17) is 0 Å². The van der Waals surface area contributed by atoms with Crippen molar-refractivity contribution >= 4 is 22.4 Å². The van der Waals surface area contributed by atoms with Gasteiger partial charge in [0.15, 0.2) is 0 Å². The second-order valence-corrected chi connectivity index (χ2v) is 6.50. The van der Waals surface area contributed by atoms with Gasteiger partial charge in [-0.3, -0.25) is 9.59 Å². The van der Waals surface area contributed by atoms with Crippen molar-refractivity contribution in [2.24, 2.45) is 0 Å². The van der Waals surface area contributed by atoms with Crippen molar-refractivity contribution in [1.82, 2.24) is 9.78 Å². The van der Waals surface area contributed by atoms with Gasteiger partial charge in [-0.2, -0.15) is 5.10 Å². The molecule has 3 aromatic carbocycles. The van der Waals surface area contributed by atoms with Gasteiger partial charge in [-0.05, 0) is 23.8 Å². The summed E-state index contributed by atoms with van der Waals surface area (Å²) >= 11 is 0. The summed E-state index contributed by atoms with van der Waals surface area (Å²) in [5, 5.41) is 5.51. The van der Waals surface area contributed by atoms with Crippen LogP contribution in [-0.2, 0) is 17.9 Å². The van der Waals surface area contributed by atoms with E-state index in [1.165, 1.54) is 4.68 Å². The highest BCUT2D eigenvalue weighted by molar-refractivity contribution is 5.93. The van der Waals surface area contributed by atoms with Gasteiger partial charge < -0.3 is 4.90 Å². The van der Waals surface area contributed by atoms with Gasteiger partial charge in [0, 0.05) is 11.1 Å². The molecule has 1 heterocycles. The van der Waals surface area contributed by atoms with Crippen LogP contribution in [0.15, 0.2) is 95.9 Å². The Morgan fingerprint density at radius 2 is 1.50 bits per heavy atom. The van der Waals surface area contributed by atoms with Crippen LogP contribution in [0.25, 0.3) is 10.8 Å². The number of hydrogen-bond donors (Lipinski definition) is 0. The first kappa shape index (κ1) is 17.7. The molecule has 0 aliphatic carbocycles. The fraction of sp³-hybridized carbons (Fsp3) is 0.0870. The number of para-hydroxylation sites is 1. The molecule has 0 N–H and O–H groups in total. The molecule has 1 aromatic heterocycles. The predicted molar refractivity (Wildman–Crippen MR) is 110 cm³/mol. The Morgan fingerprint density at radius 3 is 2.25 bits per heavy atom. The number of rotatable bonds is 5. The number of carbonyl (C=O) groups is 1. The molecule has 0 fully saturated rings. The maximum Gasteiger partial charge on any atom is 0.275 e. The van der Waals surface area contributed by atoms with Crippen LogP contribution in [0.5, 0.6) is 0 Å². The predicted octanol–water partition coefficient (Wildman–Crippen LogP) is 3.63. The van der Waals surface area contributed by atoms with Gasteiger partial charge in [-0.15, -0.1) is 0 Å². The summed E-state index contributed by atoms with van der Waals surface area (Å²) in [4.78, 5) is 27.5. The Labute approximate surface area is 162 Å². The van der Waals surface area contributed by atoms with Gasteiger partial charge in [-0.1, -0.05) is 66.7 Å². The van der Waals surface area contributed by atoms with E-state index in [1.54, 1.807) is 17.2 Å². The molecule has 5 nitrogen and oxygen atoms in total. The molecule has 0 saturated carbocycles. The number of aromatic nitrogens is 2. The highest BCUT2D eigenvalue weighted by Crippen LogP contribution is 2.17. The first-order chi connectivity index (χ1) is 13.7. The summed E-state index contributed by atoms with van der Waals surface area (Å²) in [7, 11) is 0. The fourth-order valence-corrected chi connectivity index (χ4v) is 3.15. The highest BCUT2D eigenvalue weighted by Gasteiger charge is 2.18. The average molecular weight is 369 g/mol. The summed E-state index contributed by atoms with van der Waals surface area (Å²) < 4.78 is 1.23. The van der Waals surface area contributed by atoms with Crippen molar-refractivity contribution in [3.63, 3.8) is 0 Å². The first-order valence-corrected chi connectivity index (χ1v) is 9.06. The van der Waals surface area contributed by atoms with Gasteiger partial charge in [0.1, 0.15) is 6.54 Å². The van der Waals surface area contributed by atoms with Crippen LogP contribution in [0.3, 0.4) is 0 Å². The molecule has 0 unspecified atom stereocenters. The number of anilines is 1. The Kier molecular flexibility index (Phi) is 4.97. The van der Waals surface area contributed by atoms with Gasteiger partial charge in [0.25, 0.3) is 5.56 Å². The van der Waals surface area contributed by atoms with E-state index < -0.39 is 0 Å². The summed E-state index contributed by atoms with van der Waals surface area (Å²) in [5.41, 5.74) is 1.53. The van der Waals surface area contributed by atoms with E-state index in [2.05, 4.69) is 5.10 Å². The zero-order valence-electron chi connectivity index (χ0n) is 15.2. The zero-order chi connectivity index (χ0) is 19.3. The van der Waals surface area contributed by atoms with Gasteiger partial charge in [-0.25, -0.2) is 4.68 Å². The number of amides is 1. The van der Waals surface area contributed by atoms with E-state index in [-0.39, 0.29) is 18.0 Å². The van der Waals surface area contributed by atoms with Crippen molar-refractivity contribution in [2.45, 2.75) is 13.1 Å². The molecule has 4 aromatic rings. The van der Waals surface area contributed by atoms with E-state index in [0.717, 1.165) is 16.6 Å². The second kappa shape index (κ2) is 7.88. The van der Waals surface area contributed by atoms with Crippen LogP contribution in [0, 0.1) is 0 Å². The minimum Gasteiger partial charge on any atom is -0.306 e. The monoisotopic (exact) mass is 369 g/mol. The topological polar surface area (TPSA) is 55.2 Å². The molecule has 4 rings (SSSR count). The zero-order valence-corrected chi connectivity index (χ0v) is 15.2. The van der Waals surface area contributed by atoms with Crippen molar-refractivity contribution in [3.05, 3.63) is 107 Å². The van der Waals surface area contributed by atoms with Crippen LogP contribution in [0.2, 0.25) is 0 Å². The van der Waals surface area contributed by atoms with Crippen molar-refractivity contribution in [1.29, 1.82) is 0 Å². The molecular weight excluding hydrogens is 350 g/mol. The molecule has 0 spiro atoms. The fourth-order valence-electron chi connectivity index (χ4n) is 3.15. The maximum atomic E-state index is 13.1. The smallest absolute Gasteiger partial charge is 0.275 e. The number of nitrogens with zero attached hydrogens (tertiary/aromatic N) is 3. The normalized spacial score (nSPS) is 10.7. The lowest BCUT2D eigenvalue weighted by atomic mass is 10.2. The third kappa shape index (κ3) is 3.69. The molecule has 0 atom stereocenters. The van der Waals surface area contributed by atoms with E-state index >= 15 is 0 Å². The Hall–Kier alpha value is -3.73. The van der Waals surface area contributed by atoms with Gasteiger partial charge in [0.2, 0.25) is 5.91 Å². The SMILES string of the molecule is O=C(Cn1ncc2ccccc2c1=O)N(Cc1ccccc1)c1ccccc1. The van der Waals surface area contributed by atoms with Crippen LogP contribution >= 0.6 is 0 Å². The van der Waals surface area contributed by atoms with Crippen LogP contribution in [-0.4, -0.2) is 15.7 Å². The van der Waals surface area contributed by atoms with Gasteiger partial charge >= 0.3 is 0 Å². The van der Waals surface area contributed by atoms with Crippen LogP contribution in [0.1, 0.15) is 5.56 Å². The molecule has 5 heteroatoms. The lowest BCUT2D eigenvalue weighted by Gasteiger charge is -2.23. The van der Waals surface area contributed by atoms with E-state index in [9.17, 15) is 9.59 Å². The minimum absolute atomic E-state index is 0.120. The Morgan fingerprint density at radius 1 is 0.857 bits per heavy atom. The lowest BCUT2D eigenvalue weighted by molar-refractivity contribution is -0.119. The standard InChI is InChI=1S/C23H19N3O2/c27-22(17-26-23(28)21-14-8-7-11-19(21)15-24-26)25(20-12-5-2-6-13-20)16-18-9-3-1-4-10-18/h1-15H,16-17H2. The first-order valence-electron chi connectivity index (χ1n) is 9.06. The van der Waals surface area contributed by atoms with E-state index in [0.29, 0.717) is 11.9 Å². The van der Waals surface area contributed by atoms with Crippen molar-refractivity contribution in [2.75, 3.05) is 4.90 Å². The van der Waals surface area contributed by atoms with E-state index in [1.807, 2.05) is 78.9 Å². The summed E-state index contributed by atoms with van der Waals surface area (Å²) in [6.07, 6.45) is 1.62. The van der Waals surface area contributed by atoms with Gasteiger partial charge in [0.05, 0.1) is 18.1 Å². The molecule has 1 amide bonds. The largest absolute Gasteiger partial charge is 0.306 e. The molecular formula is C23H19N3O2. The highest BCUT2D eigenvalue weighted by atomic mass is 16.2. The lowest BCUT2D eigenvalue weighted by Crippen LogP contribution is -2.37. The second-order valence-electron chi connectivity index (χ2n) is 6.50. The Bertz CT molecular complexity index is 1150. The minimum atomic E-state index is -0.265. The average Bonchev–Trinajstić information content (AvgIpc) is 2.75. The molecule has 0 bridgehead atoms. The number of benzene rings is 3. The molecule has 0 aliphatic heterocycles. The Balaban J connectivity index is 1.66. The summed E-state index contributed by atoms with van der Waals surface area (Å²) in [6, 6.07) is 26.5. The third-order valence-electron chi connectivity index (χ3n) is 4.60. The number of carbonyl (C=O) groups excluding carboxylic acids is 1. The maximum absolute atomic E-state index is 13.1. The molecule has 0 aliphatic rings. The summed E-state index contributed by atoms with van der Waals surface area (Å²) in [6.45, 7) is 0.303. The number of hydrogen-bond acceptors (Lipinski definition) is 3. The molecule has 138 valence electrons. The van der Waals surface area contributed by atoms with Crippen molar-refractivity contribution < 1.29 is 4.79 Å². The molecule has 28 heavy (non-hydrogen) atoms. The number of fused-ring (bicyclic) bond motifs is 1. The molecule has 0 radical (unpaired) electrons. The quantitative estimate of drug-likeness (QED) is 0.540. The summed E-state index contributed by atoms with van der Waals surface area (Å²) in [5.74, 6) is -0.195. The van der Waals surface area contributed by atoms with Crippen LogP contribution in [0.4, 0.5) is 5.69 Å². The molecule has 0 saturated heterocycles. The third-order valence-corrected chi connectivity index (χ3v) is 4.60.